The average molecular weight is 293 g/mol. The second-order valence-corrected chi connectivity index (χ2v) is 6.39. The van der Waals surface area contributed by atoms with Crippen molar-refractivity contribution >= 4 is 17.5 Å². The highest BCUT2D eigenvalue weighted by molar-refractivity contribution is 7.99. The number of oxazole rings is 1. The molecule has 0 N–H and O–H groups in total. The number of benzene rings is 1. The Kier molecular flexibility index (Phi) is 4.28. The van der Waals surface area contributed by atoms with Gasteiger partial charge in [-0.1, -0.05) is 32.5 Å². The van der Waals surface area contributed by atoms with Gasteiger partial charge in [0.25, 0.3) is 5.22 Å². The Morgan fingerprint density at radius 3 is 2.55 bits per heavy atom. The molecule has 3 nitrogen and oxygen atoms in total. The van der Waals surface area contributed by atoms with Crippen molar-refractivity contribution in [2.75, 3.05) is 5.75 Å². The van der Waals surface area contributed by atoms with Crippen molar-refractivity contribution in [3.05, 3.63) is 36.3 Å². The number of hydrogen-bond acceptors (Lipinski definition) is 4. The van der Waals surface area contributed by atoms with E-state index in [0.29, 0.717) is 16.7 Å². The first kappa shape index (κ1) is 14.8. The van der Waals surface area contributed by atoms with Crippen molar-refractivity contribution in [2.24, 2.45) is 5.41 Å². The summed E-state index contributed by atoms with van der Waals surface area (Å²) in [4.78, 5) is 15.9. The van der Waals surface area contributed by atoms with Gasteiger partial charge >= 0.3 is 0 Å². The van der Waals surface area contributed by atoms with E-state index in [4.69, 9.17) is 4.42 Å². The van der Waals surface area contributed by atoms with E-state index in [9.17, 15) is 9.18 Å². The quantitative estimate of drug-likeness (QED) is 0.793. The Balaban J connectivity index is 2.03. The first-order valence-electron chi connectivity index (χ1n) is 6.24. The Morgan fingerprint density at radius 1 is 1.30 bits per heavy atom. The van der Waals surface area contributed by atoms with E-state index in [1.165, 1.54) is 23.9 Å². The molecule has 2 aromatic rings. The molecule has 0 spiro atoms. The lowest BCUT2D eigenvalue weighted by Gasteiger charge is -2.14. The van der Waals surface area contributed by atoms with Crippen LogP contribution in [-0.4, -0.2) is 16.5 Å². The molecular formula is C15H16FNO2S. The number of nitrogens with zero attached hydrogens (tertiary/aromatic N) is 1. The summed E-state index contributed by atoms with van der Waals surface area (Å²) in [5.74, 6) is 0.741. The van der Waals surface area contributed by atoms with Gasteiger partial charge < -0.3 is 4.42 Å². The molecule has 0 atom stereocenters. The van der Waals surface area contributed by atoms with Crippen molar-refractivity contribution in [3.8, 4) is 11.3 Å². The number of aromatic nitrogens is 1. The van der Waals surface area contributed by atoms with Gasteiger partial charge in [0.15, 0.2) is 5.76 Å². The molecular weight excluding hydrogens is 277 g/mol. The molecule has 20 heavy (non-hydrogen) atoms. The van der Waals surface area contributed by atoms with E-state index >= 15 is 0 Å². The third kappa shape index (κ3) is 3.70. The van der Waals surface area contributed by atoms with Gasteiger partial charge in [-0.15, -0.1) is 0 Å². The van der Waals surface area contributed by atoms with Gasteiger partial charge in [0, 0.05) is 11.0 Å². The minimum atomic E-state index is -0.362. The summed E-state index contributed by atoms with van der Waals surface area (Å²) in [7, 11) is 0. The first-order valence-corrected chi connectivity index (χ1v) is 7.23. The zero-order valence-electron chi connectivity index (χ0n) is 11.6. The number of carbonyl (C=O) groups is 1. The van der Waals surface area contributed by atoms with Gasteiger partial charge in [0.1, 0.15) is 11.6 Å². The Bertz CT molecular complexity index is 599. The lowest BCUT2D eigenvalue weighted by atomic mass is 9.92. The third-order valence-corrected chi connectivity index (χ3v) is 3.62. The van der Waals surface area contributed by atoms with E-state index in [0.717, 1.165) is 5.56 Å². The normalized spacial score (nSPS) is 11.6. The van der Waals surface area contributed by atoms with Gasteiger partial charge in [-0.05, 0) is 24.3 Å². The van der Waals surface area contributed by atoms with Crippen LogP contribution in [0.5, 0.6) is 0 Å². The molecule has 0 fully saturated rings. The first-order chi connectivity index (χ1) is 9.36. The fourth-order valence-corrected chi connectivity index (χ4v) is 2.38. The topological polar surface area (TPSA) is 43.1 Å². The fraction of sp³-hybridized carbons (Fsp3) is 0.333. The van der Waals surface area contributed by atoms with Crippen LogP contribution in [-0.2, 0) is 4.79 Å². The van der Waals surface area contributed by atoms with Gasteiger partial charge in [-0.25, -0.2) is 9.37 Å². The smallest absolute Gasteiger partial charge is 0.256 e. The molecule has 1 aromatic heterocycles. The standard InChI is InChI=1S/C15H16FNO2S/c1-15(2,3)13(18)9-20-14-17-8-12(19-14)10-4-6-11(16)7-5-10/h4-8H,9H2,1-3H3. The predicted octanol–water partition coefficient (Wildman–Crippen LogP) is 4.19. The van der Waals surface area contributed by atoms with E-state index in [2.05, 4.69) is 4.98 Å². The minimum absolute atomic E-state index is 0.143. The van der Waals surface area contributed by atoms with Crippen molar-refractivity contribution in [1.82, 2.24) is 4.98 Å². The lowest BCUT2D eigenvalue weighted by molar-refractivity contribution is -0.123. The summed E-state index contributed by atoms with van der Waals surface area (Å²) < 4.78 is 18.4. The SMILES string of the molecule is CC(C)(C)C(=O)CSc1ncc(-c2ccc(F)cc2)o1. The Labute approximate surface area is 121 Å². The van der Waals surface area contributed by atoms with Crippen LogP contribution in [0.15, 0.2) is 40.1 Å². The molecule has 0 aliphatic carbocycles. The summed E-state index contributed by atoms with van der Waals surface area (Å²) in [5.41, 5.74) is 0.396. The number of thioether (sulfide) groups is 1. The highest BCUT2D eigenvalue weighted by Crippen LogP contribution is 2.27. The van der Waals surface area contributed by atoms with E-state index in [1.54, 1.807) is 18.3 Å². The molecule has 0 saturated heterocycles. The second kappa shape index (κ2) is 5.79. The molecule has 0 aliphatic rings. The van der Waals surface area contributed by atoms with Gasteiger partial charge in [-0.2, -0.15) is 0 Å². The van der Waals surface area contributed by atoms with Gasteiger partial charge in [0.2, 0.25) is 0 Å². The molecule has 1 aromatic carbocycles. The number of hydrogen-bond donors (Lipinski definition) is 0. The maximum Gasteiger partial charge on any atom is 0.256 e. The third-order valence-electron chi connectivity index (χ3n) is 2.78. The molecule has 0 aliphatic heterocycles. The molecule has 5 heteroatoms. The Morgan fingerprint density at radius 2 is 1.95 bits per heavy atom. The average Bonchev–Trinajstić information content (AvgIpc) is 2.84. The van der Waals surface area contributed by atoms with Crippen LogP contribution in [0, 0.1) is 11.2 Å². The van der Waals surface area contributed by atoms with Crippen LogP contribution in [0.3, 0.4) is 0 Å². The summed E-state index contributed by atoms with van der Waals surface area (Å²) >= 11 is 1.27. The zero-order valence-corrected chi connectivity index (χ0v) is 12.5. The molecule has 0 unspecified atom stereocenters. The lowest BCUT2D eigenvalue weighted by Crippen LogP contribution is -2.21. The number of rotatable bonds is 4. The van der Waals surface area contributed by atoms with Crippen LogP contribution in [0.2, 0.25) is 0 Å². The molecule has 106 valence electrons. The largest absolute Gasteiger partial charge is 0.431 e. The van der Waals surface area contributed by atoms with Crippen molar-refractivity contribution in [3.63, 3.8) is 0 Å². The van der Waals surface area contributed by atoms with Crippen molar-refractivity contribution in [1.29, 1.82) is 0 Å². The molecule has 0 bridgehead atoms. The van der Waals surface area contributed by atoms with Crippen LogP contribution >= 0.6 is 11.8 Å². The van der Waals surface area contributed by atoms with Crippen LogP contribution in [0.4, 0.5) is 4.39 Å². The monoisotopic (exact) mass is 293 g/mol. The van der Waals surface area contributed by atoms with Crippen molar-refractivity contribution < 1.29 is 13.6 Å². The van der Waals surface area contributed by atoms with Crippen LogP contribution in [0.25, 0.3) is 11.3 Å². The van der Waals surface area contributed by atoms with Gasteiger partial charge in [0.05, 0.1) is 11.9 Å². The van der Waals surface area contributed by atoms with E-state index in [1.807, 2.05) is 20.8 Å². The summed E-state index contributed by atoms with van der Waals surface area (Å²) in [6.07, 6.45) is 1.58. The number of halogens is 1. The maximum absolute atomic E-state index is 12.8. The fourth-order valence-electron chi connectivity index (χ4n) is 1.42. The highest BCUT2D eigenvalue weighted by atomic mass is 32.2. The maximum atomic E-state index is 12.8. The number of Topliss-reactive ketones (excluding diaryl/α,β-unsaturated/α-hetero) is 1. The van der Waals surface area contributed by atoms with Crippen molar-refractivity contribution in [2.45, 2.75) is 26.0 Å². The molecule has 0 saturated carbocycles. The number of carbonyl (C=O) groups excluding carboxylic acids is 1. The summed E-state index contributed by atoms with van der Waals surface area (Å²) in [6, 6.07) is 6.00. The zero-order chi connectivity index (χ0) is 14.8. The predicted molar refractivity (Wildman–Crippen MR) is 77.1 cm³/mol. The molecule has 2 rings (SSSR count). The second-order valence-electron chi connectivity index (χ2n) is 5.46. The molecule has 0 amide bonds. The van der Waals surface area contributed by atoms with E-state index < -0.39 is 0 Å². The highest BCUT2D eigenvalue weighted by Gasteiger charge is 2.21. The summed E-state index contributed by atoms with van der Waals surface area (Å²) in [5, 5.41) is 0.446. The number of ketones is 1. The molecule has 1 heterocycles. The van der Waals surface area contributed by atoms with Crippen LogP contribution in [0.1, 0.15) is 20.8 Å². The van der Waals surface area contributed by atoms with Crippen LogP contribution < -0.4 is 0 Å². The van der Waals surface area contributed by atoms with E-state index in [-0.39, 0.29) is 17.0 Å². The minimum Gasteiger partial charge on any atom is -0.431 e. The Hall–Kier alpha value is -1.62. The summed E-state index contributed by atoms with van der Waals surface area (Å²) in [6.45, 7) is 5.65. The van der Waals surface area contributed by atoms with Gasteiger partial charge in [-0.3, -0.25) is 4.79 Å². The molecule has 0 radical (unpaired) electrons.